The molecule has 0 saturated carbocycles. The Morgan fingerprint density at radius 1 is 1.15 bits per heavy atom. The van der Waals surface area contributed by atoms with Crippen molar-refractivity contribution in [3.05, 3.63) is 62.0 Å². The van der Waals surface area contributed by atoms with Gasteiger partial charge in [-0.3, -0.25) is 9.59 Å². The first-order chi connectivity index (χ1) is 12.8. The summed E-state index contributed by atoms with van der Waals surface area (Å²) in [6.07, 6.45) is 0. The number of carbonyl (C=O) groups excluding carboxylic acids is 2. The van der Waals surface area contributed by atoms with Gasteiger partial charge in [0.05, 0.1) is 22.0 Å². The number of amides is 2. The van der Waals surface area contributed by atoms with E-state index in [-0.39, 0.29) is 34.8 Å². The zero-order valence-electron chi connectivity index (χ0n) is 13.8. The Balaban J connectivity index is 2.22. The number of nitrogens with zero attached hydrogens (tertiary/aromatic N) is 1. The summed E-state index contributed by atoms with van der Waals surface area (Å²) < 4.78 is 0.834. The number of nitriles is 1. The number of hydrogen-bond donors (Lipinski definition) is 3. The highest BCUT2D eigenvalue weighted by Crippen LogP contribution is 2.35. The van der Waals surface area contributed by atoms with Crippen LogP contribution < -0.4 is 10.6 Å². The lowest BCUT2D eigenvalue weighted by molar-refractivity contribution is -0.122. The molecule has 0 heterocycles. The highest BCUT2D eigenvalue weighted by Gasteiger charge is 2.23. The molecular weight excluding hydrogens is 457 g/mol. The number of phenols is 1. The number of halogens is 3. The molecule has 9 heteroatoms. The van der Waals surface area contributed by atoms with E-state index < -0.39 is 11.8 Å². The first-order valence-electron chi connectivity index (χ1n) is 7.69. The van der Waals surface area contributed by atoms with Crippen LogP contribution >= 0.6 is 39.1 Å². The lowest BCUT2D eigenvalue weighted by atomic mass is 9.97. The van der Waals surface area contributed by atoms with Crippen LogP contribution in [0.2, 0.25) is 10.0 Å². The maximum atomic E-state index is 12.4. The Labute approximate surface area is 174 Å². The zero-order chi connectivity index (χ0) is 20.0. The van der Waals surface area contributed by atoms with E-state index >= 15 is 0 Å². The maximum Gasteiger partial charge on any atom is 0.251 e. The van der Waals surface area contributed by atoms with E-state index in [4.69, 9.17) is 28.5 Å². The molecule has 0 bridgehead atoms. The Bertz CT molecular complexity index is 875. The molecule has 0 fully saturated rings. The molecule has 2 aromatic carbocycles. The summed E-state index contributed by atoms with van der Waals surface area (Å²) in [7, 11) is 0. The minimum absolute atomic E-state index is 0.0187. The largest absolute Gasteiger partial charge is 0.505 e. The van der Waals surface area contributed by atoms with Crippen molar-refractivity contribution in [2.45, 2.75) is 5.92 Å². The second-order valence-electron chi connectivity index (χ2n) is 5.48. The molecule has 1 unspecified atom stereocenters. The summed E-state index contributed by atoms with van der Waals surface area (Å²) in [5.41, 5.74) is 0.825. The second-order valence-corrected chi connectivity index (χ2v) is 7.21. The van der Waals surface area contributed by atoms with E-state index in [1.165, 1.54) is 12.1 Å². The van der Waals surface area contributed by atoms with Crippen LogP contribution in [-0.4, -0.2) is 30.0 Å². The van der Waals surface area contributed by atoms with Crippen LogP contribution in [0.25, 0.3) is 0 Å². The molecule has 1 atom stereocenters. The van der Waals surface area contributed by atoms with E-state index in [0.29, 0.717) is 11.1 Å². The molecule has 2 rings (SSSR count). The third-order valence-corrected chi connectivity index (χ3v) is 4.78. The van der Waals surface area contributed by atoms with Gasteiger partial charge in [0.1, 0.15) is 6.54 Å². The van der Waals surface area contributed by atoms with Gasteiger partial charge < -0.3 is 15.7 Å². The van der Waals surface area contributed by atoms with Gasteiger partial charge in [0.2, 0.25) is 5.91 Å². The fraction of sp³-hybridized carbons (Fsp3) is 0.167. The van der Waals surface area contributed by atoms with Gasteiger partial charge in [-0.15, -0.1) is 0 Å². The number of carbonyl (C=O) groups is 2. The van der Waals surface area contributed by atoms with Crippen LogP contribution in [0.5, 0.6) is 5.75 Å². The van der Waals surface area contributed by atoms with Crippen LogP contribution in [0.15, 0.2) is 40.9 Å². The highest BCUT2D eigenvalue weighted by molar-refractivity contribution is 9.10. The minimum Gasteiger partial charge on any atom is -0.505 e. The van der Waals surface area contributed by atoms with E-state index in [1.807, 2.05) is 6.07 Å². The van der Waals surface area contributed by atoms with E-state index in [1.54, 1.807) is 24.3 Å². The van der Waals surface area contributed by atoms with E-state index in [0.717, 1.165) is 4.47 Å². The van der Waals surface area contributed by atoms with Crippen LogP contribution in [0.1, 0.15) is 21.8 Å². The van der Waals surface area contributed by atoms with Crippen molar-refractivity contribution in [2.24, 2.45) is 0 Å². The monoisotopic (exact) mass is 469 g/mol. The number of benzene rings is 2. The van der Waals surface area contributed by atoms with Gasteiger partial charge in [-0.2, -0.15) is 5.26 Å². The average Bonchev–Trinajstić information content (AvgIpc) is 2.64. The molecule has 3 N–H and O–H groups in total. The van der Waals surface area contributed by atoms with Crippen molar-refractivity contribution in [1.29, 1.82) is 5.26 Å². The summed E-state index contributed by atoms with van der Waals surface area (Å²) >= 11 is 15.2. The number of phenolic OH excluding ortho intramolecular Hbond substituents is 1. The summed E-state index contributed by atoms with van der Waals surface area (Å²) in [4.78, 5) is 24.7. The zero-order valence-corrected chi connectivity index (χ0v) is 16.9. The van der Waals surface area contributed by atoms with E-state index in [2.05, 4.69) is 26.6 Å². The minimum atomic E-state index is -0.853. The quantitative estimate of drug-likeness (QED) is 0.561. The molecule has 140 valence electrons. The molecule has 0 aliphatic heterocycles. The molecule has 0 aliphatic rings. The Hall–Kier alpha value is -2.27. The summed E-state index contributed by atoms with van der Waals surface area (Å²) in [5, 5.41) is 23.5. The Morgan fingerprint density at radius 2 is 1.74 bits per heavy atom. The van der Waals surface area contributed by atoms with Crippen molar-refractivity contribution in [1.82, 2.24) is 10.6 Å². The molecule has 2 aromatic rings. The topological polar surface area (TPSA) is 102 Å². The normalized spacial score (nSPS) is 11.3. The van der Waals surface area contributed by atoms with Gasteiger partial charge in [0.25, 0.3) is 5.91 Å². The molecule has 6 nitrogen and oxygen atoms in total. The molecule has 0 spiro atoms. The summed E-state index contributed by atoms with van der Waals surface area (Å²) in [5.74, 6) is -1.99. The maximum absolute atomic E-state index is 12.4. The van der Waals surface area contributed by atoms with Crippen molar-refractivity contribution in [2.75, 3.05) is 13.1 Å². The molecular formula is C18H14BrCl2N3O3. The first-order valence-corrected chi connectivity index (χ1v) is 9.24. The van der Waals surface area contributed by atoms with Crippen molar-refractivity contribution >= 4 is 50.9 Å². The SMILES string of the molecule is N#CCNC(=O)C(CNC(=O)c1ccc(Br)cc1)c1cc(Cl)c(O)c(Cl)c1. The molecule has 0 saturated heterocycles. The molecule has 0 radical (unpaired) electrons. The molecule has 2 amide bonds. The van der Waals surface area contributed by atoms with Crippen LogP contribution in [-0.2, 0) is 4.79 Å². The lowest BCUT2D eigenvalue weighted by Crippen LogP contribution is -2.37. The number of aromatic hydroxyl groups is 1. The van der Waals surface area contributed by atoms with Gasteiger partial charge in [-0.1, -0.05) is 39.1 Å². The number of hydrogen-bond acceptors (Lipinski definition) is 4. The summed E-state index contributed by atoms with van der Waals surface area (Å²) in [6.45, 7) is -0.237. The Morgan fingerprint density at radius 3 is 2.30 bits per heavy atom. The molecule has 27 heavy (non-hydrogen) atoms. The fourth-order valence-corrected chi connectivity index (χ4v) is 3.06. The predicted octanol–water partition coefficient (Wildman–Crippen LogP) is 3.61. The van der Waals surface area contributed by atoms with Gasteiger partial charge in [-0.25, -0.2) is 0 Å². The van der Waals surface area contributed by atoms with Crippen LogP contribution in [0.3, 0.4) is 0 Å². The van der Waals surface area contributed by atoms with Crippen LogP contribution in [0.4, 0.5) is 0 Å². The standard InChI is InChI=1S/C18H14BrCl2N3O3/c19-12-3-1-10(2-4-12)17(26)24-9-13(18(27)23-6-5-22)11-7-14(20)16(25)15(21)8-11/h1-4,7-8,13,25H,6,9H2,(H,23,27)(H,24,26). The smallest absolute Gasteiger partial charge is 0.251 e. The number of nitrogens with one attached hydrogen (secondary N) is 2. The van der Waals surface area contributed by atoms with Gasteiger partial charge in [0.15, 0.2) is 5.75 Å². The third kappa shape index (κ3) is 5.60. The molecule has 0 aromatic heterocycles. The van der Waals surface area contributed by atoms with Crippen molar-refractivity contribution in [3.63, 3.8) is 0 Å². The second kappa shape index (κ2) is 9.60. The highest BCUT2D eigenvalue weighted by atomic mass is 79.9. The van der Waals surface area contributed by atoms with E-state index in [9.17, 15) is 14.7 Å². The predicted molar refractivity (Wildman–Crippen MR) is 106 cm³/mol. The third-order valence-electron chi connectivity index (χ3n) is 3.67. The van der Waals surface area contributed by atoms with Crippen LogP contribution in [0, 0.1) is 11.3 Å². The first kappa shape index (κ1) is 21.0. The lowest BCUT2D eigenvalue weighted by Gasteiger charge is -2.18. The molecule has 0 aliphatic carbocycles. The fourth-order valence-electron chi connectivity index (χ4n) is 2.30. The van der Waals surface area contributed by atoms with Gasteiger partial charge in [0, 0.05) is 16.6 Å². The Kier molecular flexibility index (Phi) is 7.48. The summed E-state index contributed by atoms with van der Waals surface area (Å²) in [6, 6.07) is 11.3. The van der Waals surface area contributed by atoms with Gasteiger partial charge in [-0.05, 0) is 42.0 Å². The van der Waals surface area contributed by atoms with Crippen molar-refractivity contribution < 1.29 is 14.7 Å². The van der Waals surface area contributed by atoms with Gasteiger partial charge >= 0.3 is 0 Å². The number of rotatable bonds is 6. The van der Waals surface area contributed by atoms with Crippen molar-refractivity contribution in [3.8, 4) is 11.8 Å². The average molecular weight is 471 g/mol.